The van der Waals surface area contributed by atoms with Crippen molar-refractivity contribution in [3.8, 4) is 0 Å². The highest BCUT2D eigenvalue weighted by Gasteiger charge is 2.16. The van der Waals surface area contributed by atoms with Crippen molar-refractivity contribution in [3.63, 3.8) is 0 Å². The number of hydrogen-bond donors (Lipinski definition) is 2. The molecule has 0 aliphatic heterocycles. The van der Waals surface area contributed by atoms with Crippen LogP contribution >= 0.6 is 11.6 Å². The fourth-order valence-electron chi connectivity index (χ4n) is 1.56. The molecule has 0 aliphatic carbocycles. The number of anilines is 3. The maximum absolute atomic E-state index is 10.9. The Labute approximate surface area is 114 Å². The number of rotatable bonds is 3. The van der Waals surface area contributed by atoms with E-state index in [2.05, 4.69) is 10.3 Å². The Morgan fingerprint density at radius 2 is 2.11 bits per heavy atom. The minimum absolute atomic E-state index is 0.0655. The second kappa shape index (κ2) is 5.11. The van der Waals surface area contributed by atoms with E-state index in [1.165, 1.54) is 12.1 Å². The van der Waals surface area contributed by atoms with Crippen LogP contribution in [0.3, 0.4) is 0 Å². The first-order valence-corrected chi connectivity index (χ1v) is 5.79. The molecule has 1 aromatic carbocycles. The van der Waals surface area contributed by atoms with E-state index in [9.17, 15) is 10.1 Å². The number of hydrogen-bond acceptors (Lipinski definition) is 5. The molecule has 2 aromatic rings. The van der Waals surface area contributed by atoms with Crippen molar-refractivity contribution >= 4 is 34.6 Å². The molecule has 98 valence electrons. The highest BCUT2D eigenvalue weighted by atomic mass is 35.5. The predicted octanol–water partition coefficient (Wildman–Crippen LogP) is 3.28. The lowest BCUT2D eigenvalue weighted by Crippen LogP contribution is -2.02. The summed E-state index contributed by atoms with van der Waals surface area (Å²) in [5, 5.41) is 14.2. The number of aryl methyl sites for hydroxylation is 1. The fourth-order valence-corrected chi connectivity index (χ4v) is 1.84. The number of nitrogens with two attached hydrogens (primary N) is 1. The molecule has 0 aliphatic rings. The van der Waals surface area contributed by atoms with Gasteiger partial charge in [0, 0.05) is 6.07 Å². The first-order valence-electron chi connectivity index (χ1n) is 5.41. The summed E-state index contributed by atoms with van der Waals surface area (Å²) in [6.07, 6.45) is 0. The van der Waals surface area contributed by atoms with Crippen LogP contribution in [-0.4, -0.2) is 9.91 Å². The number of nitrogens with zero attached hydrogens (tertiary/aromatic N) is 2. The van der Waals surface area contributed by atoms with E-state index in [0.29, 0.717) is 10.7 Å². The SMILES string of the molecule is Cc1ccc(Nc2nc(N)ccc2[N+](=O)[O-])c(Cl)c1. The lowest BCUT2D eigenvalue weighted by Gasteiger charge is -2.09. The first-order chi connectivity index (χ1) is 8.97. The van der Waals surface area contributed by atoms with Crippen molar-refractivity contribution in [1.82, 2.24) is 4.98 Å². The van der Waals surface area contributed by atoms with Gasteiger partial charge in [-0.25, -0.2) is 4.98 Å². The summed E-state index contributed by atoms with van der Waals surface area (Å²) in [5.74, 6) is 0.257. The smallest absolute Gasteiger partial charge is 0.311 e. The predicted molar refractivity (Wildman–Crippen MR) is 74.8 cm³/mol. The molecule has 1 aromatic heterocycles. The summed E-state index contributed by atoms with van der Waals surface area (Å²) in [7, 11) is 0. The van der Waals surface area contributed by atoms with Gasteiger partial charge in [0.25, 0.3) is 0 Å². The van der Waals surface area contributed by atoms with E-state index in [-0.39, 0.29) is 17.3 Å². The molecule has 6 nitrogen and oxygen atoms in total. The van der Waals surface area contributed by atoms with Crippen molar-refractivity contribution in [1.29, 1.82) is 0 Å². The third-order valence-electron chi connectivity index (χ3n) is 2.47. The maximum atomic E-state index is 10.9. The number of nitro groups is 1. The molecule has 19 heavy (non-hydrogen) atoms. The second-order valence-corrected chi connectivity index (χ2v) is 4.38. The van der Waals surface area contributed by atoms with E-state index >= 15 is 0 Å². The Morgan fingerprint density at radius 3 is 2.74 bits per heavy atom. The second-order valence-electron chi connectivity index (χ2n) is 3.97. The van der Waals surface area contributed by atoms with Gasteiger partial charge in [-0.2, -0.15) is 0 Å². The number of benzene rings is 1. The lowest BCUT2D eigenvalue weighted by molar-refractivity contribution is -0.384. The van der Waals surface area contributed by atoms with Gasteiger partial charge in [-0.05, 0) is 30.7 Å². The summed E-state index contributed by atoms with van der Waals surface area (Å²) in [6.45, 7) is 1.90. The van der Waals surface area contributed by atoms with Gasteiger partial charge in [0.2, 0.25) is 5.82 Å². The summed E-state index contributed by atoms with van der Waals surface area (Å²) in [6, 6.07) is 7.99. The average molecular weight is 279 g/mol. The van der Waals surface area contributed by atoms with Gasteiger partial charge in [-0.1, -0.05) is 17.7 Å². The van der Waals surface area contributed by atoms with Crippen LogP contribution in [0.1, 0.15) is 5.56 Å². The number of pyridine rings is 1. The number of nitrogen functional groups attached to an aromatic ring is 1. The van der Waals surface area contributed by atoms with Gasteiger partial charge >= 0.3 is 5.69 Å². The molecule has 3 N–H and O–H groups in total. The molecular weight excluding hydrogens is 268 g/mol. The summed E-state index contributed by atoms with van der Waals surface area (Å²) >= 11 is 6.06. The van der Waals surface area contributed by atoms with Gasteiger partial charge in [0.1, 0.15) is 5.82 Å². The number of nitrogens with one attached hydrogen (secondary N) is 1. The van der Waals surface area contributed by atoms with Gasteiger partial charge in [0.15, 0.2) is 0 Å². The van der Waals surface area contributed by atoms with Crippen LogP contribution in [-0.2, 0) is 0 Å². The molecule has 0 saturated heterocycles. The van der Waals surface area contributed by atoms with Crippen LogP contribution in [0.4, 0.5) is 23.0 Å². The van der Waals surface area contributed by atoms with Gasteiger partial charge < -0.3 is 11.1 Å². The number of aromatic nitrogens is 1. The maximum Gasteiger partial charge on any atom is 0.311 e. The van der Waals surface area contributed by atoms with Crippen LogP contribution < -0.4 is 11.1 Å². The number of halogens is 1. The minimum Gasteiger partial charge on any atom is -0.384 e. The van der Waals surface area contributed by atoms with Crippen molar-refractivity contribution < 1.29 is 4.92 Å². The highest BCUT2D eigenvalue weighted by Crippen LogP contribution is 2.30. The lowest BCUT2D eigenvalue weighted by atomic mass is 10.2. The Morgan fingerprint density at radius 1 is 1.37 bits per heavy atom. The summed E-state index contributed by atoms with van der Waals surface area (Å²) in [5.41, 5.74) is 6.90. The molecule has 0 bridgehead atoms. The third kappa shape index (κ3) is 2.92. The molecule has 7 heteroatoms. The summed E-state index contributed by atoms with van der Waals surface area (Å²) in [4.78, 5) is 14.3. The van der Waals surface area contributed by atoms with E-state index in [4.69, 9.17) is 17.3 Å². The molecule has 2 rings (SSSR count). The monoisotopic (exact) mass is 278 g/mol. The van der Waals surface area contributed by atoms with Crippen molar-refractivity contribution in [2.24, 2.45) is 0 Å². The Bertz CT molecular complexity index is 646. The molecule has 0 saturated carbocycles. The van der Waals surface area contributed by atoms with Crippen molar-refractivity contribution in [2.75, 3.05) is 11.1 Å². The quantitative estimate of drug-likeness (QED) is 0.664. The van der Waals surface area contributed by atoms with Gasteiger partial charge in [-0.3, -0.25) is 10.1 Å². The molecule has 0 spiro atoms. The molecule has 0 fully saturated rings. The van der Waals surface area contributed by atoms with E-state index < -0.39 is 4.92 Å². The largest absolute Gasteiger partial charge is 0.384 e. The molecule has 0 amide bonds. The Kier molecular flexibility index (Phi) is 3.52. The molecular formula is C12H11ClN4O2. The van der Waals surface area contributed by atoms with Crippen molar-refractivity contribution in [2.45, 2.75) is 6.92 Å². The topological polar surface area (TPSA) is 94.1 Å². The minimum atomic E-state index is -0.531. The summed E-state index contributed by atoms with van der Waals surface area (Å²) < 4.78 is 0. The van der Waals surface area contributed by atoms with Crippen LogP contribution in [0, 0.1) is 17.0 Å². The molecule has 0 radical (unpaired) electrons. The molecule has 0 atom stereocenters. The molecule has 0 unspecified atom stereocenters. The van der Waals surface area contributed by atoms with Crippen LogP contribution in [0.5, 0.6) is 0 Å². The van der Waals surface area contributed by atoms with Crippen LogP contribution in [0.2, 0.25) is 5.02 Å². The van der Waals surface area contributed by atoms with Crippen molar-refractivity contribution in [3.05, 3.63) is 51.0 Å². The van der Waals surface area contributed by atoms with Gasteiger partial charge in [-0.15, -0.1) is 0 Å². The zero-order chi connectivity index (χ0) is 14.0. The zero-order valence-corrected chi connectivity index (χ0v) is 10.8. The zero-order valence-electron chi connectivity index (χ0n) is 10.1. The van der Waals surface area contributed by atoms with E-state index in [0.717, 1.165) is 5.56 Å². The third-order valence-corrected chi connectivity index (χ3v) is 2.78. The standard InChI is InChI=1S/C12H11ClN4O2/c1-7-2-3-9(8(13)6-7)15-12-10(17(18)19)4-5-11(14)16-12/h2-6H,1H3,(H3,14,15,16). The molecule has 1 heterocycles. The average Bonchev–Trinajstić information content (AvgIpc) is 2.32. The Hall–Kier alpha value is -2.34. The highest BCUT2D eigenvalue weighted by molar-refractivity contribution is 6.33. The van der Waals surface area contributed by atoms with E-state index in [1.54, 1.807) is 12.1 Å². The van der Waals surface area contributed by atoms with Crippen LogP contribution in [0.15, 0.2) is 30.3 Å². The Balaban J connectivity index is 2.42. The van der Waals surface area contributed by atoms with Crippen LogP contribution in [0.25, 0.3) is 0 Å². The first kappa shape index (κ1) is 13.1. The fraction of sp³-hybridized carbons (Fsp3) is 0.0833. The normalized spacial score (nSPS) is 10.2. The van der Waals surface area contributed by atoms with E-state index in [1.807, 2.05) is 13.0 Å². The van der Waals surface area contributed by atoms with Gasteiger partial charge in [0.05, 0.1) is 15.6 Å².